The van der Waals surface area contributed by atoms with Crippen LogP contribution >= 0.6 is 0 Å². The fourth-order valence-corrected chi connectivity index (χ4v) is 7.11. The second kappa shape index (κ2) is 11.8. The van der Waals surface area contributed by atoms with Gasteiger partial charge in [0.15, 0.2) is 0 Å². The highest BCUT2D eigenvalue weighted by Crippen LogP contribution is 2.33. The number of nitrogens with zero attached hydrogens (tertiary/aromatic N) is 1. The molecule has 0 aliphatic rings. The second-order valence-corrected chi connectivity index (χ2v) is 12.4. The monoisotopic (exact) mass is 609 g/mol. The van der Waals surface area contributed by atoms with E-state index in [2.05, 4.69) is 188 Å². The molecule has 1 aromatic heterocycles. The molecule has 9 aromatic rings. The molecule has 0 N–H and O–H groups in total. The summed E-state index contributed by atoms with van der Waals surface area (Å²) >= 11 is 0. The molecule has 0 aliphatic heterocycles. The molecule has 1 heterocycles. The van der Waals surface area contributed by atoms with Crippen molar-refractivity contribution in [2.75, 3.05) is 0 Å². The molecule has 1 nitrogen and oxygen atoms in total. The van der Waals surface area contributed by atoms with Gasteiger partial charge in [0.1, 0.15) is 0 Å². The molecule has 0 fully saturated rings. The first-order valence-corrected chi connectivity index (χ1v) is 16.5. The zero-order valence-electron chi connectivity index (χ0n) is 26.3. The number of benzene rings is 8. The van der Waals surface area contributed by atoms with Crippen LogP contribution in [0.25, 0.3) is 89.4 Å². The summed E-state index contributed by atoms with van der Waals surface area (Å²) in [5, 5.41) is 11.1. The van der Waals surface area contributed by atoms with Crippen LogP contribution in [0.5, 0.6) is 0 Å². The topological polar surface area (TPSA) is 12.9 Å². The summed E-state index contributed by atoms with van der Waals surface area (Å²) in [5.74, 6) is 0. The van der Waals surface area contributed by atoms with Crippen molar-refractivity contribution >= 4 is 78.3 Å². The van der Waals surface area contributed by atoms with E-state index in [4.69, 9.17) is 4.98 Å². The molecular weight excluding hydrogens is 579 g/mol. The van der Waals surface area contributed by atoms with E-state index in [1.54, 1.807) is 0 Å². The zero-order chi connectivity index (χ0) is 31.9. The van der Waals surface area contributed by atoms with Gasteiger partial charge in [-0.25, -0.2) is 4.98 Å². The second-order valence-electron chi connectivity index (χ2n) is 12.4. The van der Waals surface area contributed by atoms with Crippen LogP contribution in [0.2, 0.25) is 0 Å². The minimum Gasteiger partial charge on any atom is -0.248 e. The smallest absolute Gasteiger partial charge is 0.0721 e. The van der Waals surface area contributed by atoms with Crippen molar-refractivity contribution < 1.29 is 0 Å². The maximum absolute atomic E-state index is 5.23. The summed E-state index contributed by atoms with van der Waals surface area (Å²) in [5.41, 5.74) is 7.82. The molecule has 48 heavy (non-hydrogen) atoms. The summed E-state index contributed by atoms with van der Waals surface area (Å²) in [6, 6.07) is 58.6. The highest BCUT2D eigenvalue weighted by atomic mass is 14.7. The lowest BCUT2D eigenvalue weighted by atomic mass is 9.95. The number of hydrogen-bond donors (Lipinski definition) is 0. The number of fused-ring (bicyclic) bond motifs is 5. The molecule has 0 bridgehead atoms. The predicted molar refractivity (Wildman–Crippen MR) is 208 cm³/mol. The molecule has 9 rings (SSSR count). The van der Waals surface area contributed by atoms with Gasteiger partial charge >= 0.3 is 0 Å². The van der Waals surface area contributed by atoms with Crippen molar-refractivity contribution in [1.82, 2.24) is 4.98 Å². The molecule has 1 heteroatoms. The lowest BCUT2D eigenvalue weighted by Crippen LogP contribution is -1.90. The van der Waals surface area contributed by atoms with Gasteiger partial charge in [0.25, 0.3) is 0 Å². The van der Waals surface area contributed by atoms with Crippen LogP contribution in [0.3, 0.4) is 0 Å². The highest BCUT2D eigenvalue weighted by Gasteiger charge is 2.10. The lowest BCUT2D eigenvalue weighted by molar-refractivity contribution is 1.37. The van der Waals surface area contributed by atoms with Gasteiger partial charge in [0.2, 0.25) is 0 Å². The van der Waals surface area contributed by atoms with Gasteiger partial charge in [-0.05, 0) is 101 Å². The third-order valence-corrected chi connectivity index (χ3v) is 9.44. The minimum atomic E-state index is 0.923. The van der Waals surface area contributed by atoms with E-state index in [-0.39, 0.29) is 0 Å². The van der Waals surface area contributed by atoms with Gasteiger partial charge in [-0.3, -0.25) is 0 Å². The average molecular weight is 610 g/mol. The van der Waals surface area contributed by atoms with E-state index in [0.29, 0.717) is 0 Å². The Hall–Kier alpha value is -6.31. The summed E-state index contributed by atoms with van der Waals surface area (Å²) in [7, 11) is 0. The normalized spacial score (nSPS) is 12.0. The number of aromatic nitrogens is 1. The summed E-state index contributed by atoms with van der Waals surface area (Å²) in [6.07, 6.45) is 8.97. The Balaban J connectivity index is 1.24. The third-order valence-electron chi connectivity index (χ3n) is 9.44. The van der Waals surface area contributed by atoms with Gasteiger partial charge in [0, 0.05) is 5.39 Å². The average Bonchev–Trinajstić information content (AvgIpc) is 3.15. The van der Waals surface area contributed by atoms with Crippen LogP contribution in [-0.2, 0) is 0 Å². The Kier molecular flexibility index (Phi) is 6.87. The first kappa shape index (κ1) is 28.0. The highest BCUT2D eigenvalue weighted by molar-refractivity contribution is 6.10. The summed E-state index contributed by atoms with van der Waals surface area (Å²) < 4.78 is 0. The molecule has 224 valence electrons. The Labute approximate surface area is 279 Å². The minimum absolute atomic E-state index is 0.923. The van der Waals surface area contributed by atoms with E-state index >= 15 is 0 Å². The Morgan fingerprint density at radius 2 is 0.812 bits per heavy atom. The molecule has 0 unspecified atom stereocenters. The standard InChI is InChI=1S/C47H31N/c1-2-12-32(13-3-1)33-22-25-44-38(23-26-45-40-18-8-4-14-34(40)28-35-15-5-9-19-41(35)45)30-39(48-47(44)31-33)24-27-46-42-20-10-6-16-36(42)29-37-17-7-11-21-43(37)46/h1-31H. The summed E-state index contributed by atoms with van der Waals surface area (Å²) in [4.78, 5) is 5.23. The maximum Gasteiger partial charge on any atom is 0.0721 e. The zero-order valence-corrected chi connectivity index (χ0v) is 26.3. The van der Waals surface area contributed by atoms with Crippen molar-refractivity contribution in [3.8, 4) is 11.1 Å². The van der Waals surface area contributed by atoms with Gasteiger partial charge in [-0.15, -0.1) is 0 Å². The molecule has 0 saturated heterocycles. The molecule has 0 radical (unpaired) electrons. The van der Waals surface area contributed by atoms with Crippen molar-refractivity contribution in [3.05, 3.63) is 186 Å². The quantitative estimate of drug-likeness (QED) is 0.177. The van der Waals surface area contributed by atoms with Gasteiger partial charge < -0.3 is 0 Å². The molecule has 0 amide bonds. The molecule has 8 aromatic carbocycles. The molecule has 0 atom stereocenters. The van der Waals surface area contributed by atoms with Gasteiger partial charge in [-0.1, -0.05) is 158 Å². The number of pyridine rings is 1. The Morgan fingerprint density at radius 1 is 0.333 bits per heavy atom. The SMILES string of the molecule is C(=Cc1c2ccccc2cc2ccccc12)c1cc(C=Cc2c3ccccc3cc3ccccc23)c2ccc(-c3ccccc3)cc2n1. The first-order valence-electron chi connectivity index (χ1n) is 16.5. The van der Waals surface area contributed by atoms with E-state index in [9.17, 15) is 0 Å². The number of hydrogen-bond acceptors (Lipinski definition) is 1. The molecule has 0 saturated carbocycles. The van der Waals surface area contributed by atoms with E-state index in [1.807, 2.05) is 0 Å². The fraction of sp³-hybridized carbons (Fsp3) is 0. The van der Waals surface area contributed by atoms with Crippen molar-refractivity contribution in [1.29, 1.82) is 0 Å². The van der Waals surface area contributed by atoms with E-state index in [1.165, 1.54) is 59.8 Å². The van der Waals surface area contributed by atoms with Crippen molar-refractivity contribution in [2.24, 2.45) is 0 Å². The first-order chi connectivity index (χ1) is 23.8. The predicted octanol–water partition coefficient (Wildman–Crippen LogP) is 12.9. The maximum atomic E-state index is 5.23. The summed E-state index contributed by atoms with van der Waals surface area (Å²) in [6.45, 7) is 0. The number of rotatable bonds is 5. The fourth-order valence-electron chi connectivity index (χ4n) is 7.11. The van der Waals surface area contributed by atoms with Crippen LogP contribution in [0.1, 0.15) is 22.4 Å². The molecule has 0 spiro atoms. The van der Waals surface area contributed by atoms with Crippen LogP contribution in [0, 0.1) is 0 Å². The largest absolute Gasteiger partial charge is 0.248 e. The van der Waals surface area contributed by atoms with Gasteiger partial charge in [0.05, 0.1) is 11.2 Å². The Bertz CT molecular complexity index is 2610. The van der Waals surface area contributed by atoms with Gasteiger partial charge in [-0.2, -0.15) is 0 Å². The molecular formula is C47H31N. The van der Waals surface area contributed by atoms with Crippen LogP contribution < -0.4 is 0 Å². The van der Waals surface area contributed by atoms with Crippen LogP contribution in [0.15, 0.2) is 164 Å². The van der Waals surface area contributed by atoms with Crippen LogP contribution in [-0.4, -0.2) is 4.98 Å². The lowest BCUT2D eigenvalue weighted by Gasteiger charge is -2.11. The van der Waals surface area contributed by atoms with Crippen molar-refractivity contribution in [2.45, 2.75) is 0 Å². The van der Waals surface area contributed by atoms with Crippen molar-refractivity contribution in [3.63, 3.8) is 0 Å². The third kappa shape index (κ3) is 5.03. The van der Waals surface area contributed by atoms with E-state index < -0.39 is 0 Å². The van der Waals surface area contributed by atoms with E-state index in [0.717, 1.165) is 27.7 Å². The Morgan fingerprint density at radius 3 is 1.35 bits per heavy atom. The molecule has 0 aliphatic carbocycles. The van der Waals surface area contributed by atoms with Crippen LogP contribution in [0.4, 0.5) is 0 Å².